The molecule has 3 heteroatoms. The van der Waals surface area contributed by atoms with Gasteiger partial charge in [0, 0.05) is 31.8 Å². The van der Waals surface area contributed by atoms with Gasteiger partial charge in [-0.25, -0.2) is 0 Å². The number of likely N-dealkylation sites (tertiary alicyclic amines) is 1. The second kappa shape index (κ2) is 8.89. The topological polar surface area (TPSA) is 24.5 Å². The third-order valence-electron chi connectivity index (χ3n) is 4.19. The first-order valence-corrected chi connectivity index (χ1v) is 7.68. The fraction of sp³-hybridized carbons (Fsp3) is 1.00. The molecule has 1 aliphatic rings. The fourth-order valence-electron chi connectivity index (χ4n) is 3.03. The molecule has 1 aliphatic heterocycles. The van der Waals surface area contributed by atoms with Gasteiger partial charge in [0.1, 0.15) is 0 Å². The van der Waals surface area contributed by atoms with Gasteiger partial charge in [0.15, 0.2) is 0 Å². The zero-order valence-electron chi connectivity index (χ0n) is 12.7. The van der Waals surface area contributed by atoms with Crippen LogP contribution in [0.15, 0.2) is 0 Å². The van der Waals surface area contributed by atoms with Crippen molar-refractivity contribution in [3.8, 4) is 0 Å². The lowest BCUT2D eigenvalue weighted by Crippen LogP contribution is -2.54. The van der Waals surface area contributed by atoms with Crippen molar-refractivity contribution in [2.75, 3.05) is 26.8 Å². The first kappa shape index (κ1) is 15.9. The number of piperidine rings is 1. The van der Waals surface area contributed by atoms with E-state index < -0.39 is 0 Å². The van der Waals surface area contributed by atoms with Gasteiger partial charge in [-0.3, -0.25) is 4.90 Å². The summed E-state index contributed by atoms with van der Waals surface area (Å²) in [6, 6.07) is 1.95. The van der Waals surface area contributed by atoms with Gasteiger partial charge in [0.2, 0.25) is 0 Å². The van der Waals surface area contributed by atoms with Crippen molar-refractivity contribution >= 4 is 0 Å². The number of rotatable bonds is 8. The minimum atomic E-state index is 0.607. The summed E-state index contributed by atoms with van der Waals surface area (Å²) in [4.78, 5) is 2.70. The molecule has 1 N–H and O–H groups in total. The van der Waals surface area contributed by atoms with Crippen LogP contribution in [0.1, 0.15) is 52.9 Å². The SMILES string of the molecule is CCCNC(C)C1CCCCN1C(C)CCOC. The quantitative estimate of drug-likeness (QED) is 0.722. The van der Waals surface area contributed by atoms with Crippen LogP contribution in [0, 0.1) is 0 Å². The van der Waals surface area contributed by atoms with Crippen LogP contribution < -0.4 is 5.32 Å². The number of ether oxygens (including phenoxy) is 1. The standard InChI is InChI=1S/C15H32N2O/c1-5-10-16-14(3)15-8-6-7-11-17(15)13(2)9-12-18-4/h13-16H,5-12H2,1-4H3. The Morgan fingerprint density at radius 2 is 2.11 bits per heavy atom. The van der Waals surface area contributed by atoms with Crippen LogP contribution in [0.3, 0.4) is 0 Å². The Morgan fingerprint density at radius 1 is 1.33 bits per heavy atom. The molecule has 0 aromatic rings. The molecule has 0 amide bonds. The molecule has 0 aromatic carbocycles. The van der Waals surface area contributed by atoms with Gasteiger partial charge in [-0.15, -0.1) is 0 Å². The van der Waals surface area contributed by atoms with Crippen LogP contribution in [0.5, 0.6) is 0 Å². The number of methoxy groups -OCH3 is 1. The van der Waals surface area contributed by atoms with E-state index in [-0.39, 0.29) is 0 Å². The van der Waals surface area contributed by atoms with E-state index in [1.165, 1.54) is 32.2 Å². The Morgan fingerprint density at radius 3 is 2.78 bits per heavy atom. The zero-order chi connectivity index (χ0) is 13.4. The predicted molar refractivity (Wildman–Crippen MR) is 78.1 cm³/mol. The molecule has 1 saturated heterocycles. The smallest absolute Gasteiger partial charge is 0.0477 e. The zero-order valence-corrected chi connectivity index (χ0v) is 12.7. The maximum Gasteiger partial charge on any atom is 0.0477 e. The number of nitrogens with one attached hydrogen (secondary N) is 1. The molecule has 0 radical (unpaired) electrons. The third-order valence-corrected chi connectivity index (χ3v) is 4.19. The molecule has 0 aliphatic carbocycles. The lowest BCUT2D eigenvalue weighted by molar-refractivity contribution is 0.0611. The maximum atomic E-state index is 5.22. The van der Waals surface area contributed by atoms with Crippen LogP contribution in [0.4, 0.5) is 0 Å². The second-order valence-corrected chi connectivity index (χ2v) is 5.67. The van der Waals surface area contributed by atoms with E-state index in [0.29, 0.717) is 18.1 Å². The summed E-state index contributed by atoms with van der Waals surface area (Å²) in [7, 11) is 1.80. The highest BCUT2D eigenvalue weighted by molar-refractivity contribution is 4.87. The number of hydrogen-bond donors (Lipinski definition) is 1. The molecule has 1 fully saturated rings. The lowest BCUT2D eigenvalue weighted by Gasteiger charge is -2.43. The van der Waals surface area contributed by atoms with Crippen molar-refractivity contribution in [1.29, 1.82) is 0 Å². The predicted octanol–water partition coefficient (Wildman–Crippen LogP) is 2.65. The fourth-order valence-corrected chi connectivity index (χ4v) is 3.03. The summed E-state index contributed by atoms with van der Waals surface area (Å²) >= 11 is 0. The first-order chi connectivity index (χ1) is 8.70. The molecule has 0 bridgehead atoms. The monoisotopic (exact) mass is 256 g/mol. The van der Waals surface area contributed by atoms with E-state index >= 15 is 0 Å². The Hall–Kier alpha value is -0.120. The van der Waals surface area contributed by atoms with E-state index in [1.54, 1.807) is 7.11 Å². The summed E-state index contributed by atoms with van der Waals surface area (Å²) in [5.74, 6) is 0. The number of nitrogens with zero attached hydrogens (tertiary/aromatic N) is 1. The normalized spacial score (nSPS) is 25.0. The lowest BCUT2D eigenvalue weighted by atomic mass is 9.94. The van der Waals surface area contributed by atoms with Gasteiger partial charge in [-0.2, -0.15) is 0 Å². The molecule has 108 valence electrons. The molecule has 18 heavy (non-hydrogen) atoms. The Bertz CT molecular complexity index is 189. The van der Waals surface area contributed by atoms with Gasteiger partial charge >= 0.3 is 0 Å². The second-order valence-electron chi connectivity index (χ2n) is 5.67. The molecule has 3 nitrogen and oxygen atoms in total. The summed E-state index contributed by atoms with van der Waals surface area (Å²) in [5, 5.41) is 3.67. The molecule has 3 atom stereocenters. The van der Waals surface area contributed by atoms with E-state index in [9.17, 15) is 0 Å². The van der Waals surface area contributed by atoms with Gasteiger partial charge in [-0.1, -0.05) is 13.3 Å². The molecule has 0 saturated carbocycles. The molecule has 0 spiro atoms. The van der Waals surface area contributed by atoms with Crippen molar-refractivity contribution in [2.24, 2.45) is 0 Å². The first-order valence-electron chi connectivity index (χ1n) is 7.68. The summed E-state index contributed by atoms with van der Waals surface area (Å²) in [6.07, 6.45) is 6.45. The molecule has 0 aromatic heterocycles. The summed E-state index contributed by atoms with van der Waals surface area (Å²) in [5.41, 5.74) is 0. The Balaban J connectivity index is 2.49. The van der Waals surface area contributed by atoms with Gasteiger partial charge in [0.25, 0.3) is 0 Å². The van der Waals surface area contributed by atoms with Crippen molar-refractivity contribution in [1.82, 2.24) is 10.2 Å². The van der Waals surface area contributed by atoms with Crippen molar-refractivity contribution in [2.45, 2.75) is 71.0 Å². The van der Waals surface area contributed by atoms with E-state index in [4.69, 9.17) is 4.74 Å². The van der Waals surface area contributed by atoms with E-state index in [2.05, 4.69) is 31.0 Å². The highest BCUT2D eigenvalue weighted by Crippen LogP contribution is 2.23. The third kappa shape index (κ3) is 4.87. The van der Waals surface area contributed by atoms with E-state index in [0.717, 1.165) is 19.6 Å². The van der Waals surface area contributed by atoms with Gasteiger partial charge in [0.05, 0.1) is 0 Å². The average Bonchev–Trinajstić information content (AvgIpc) is 2.42. The number of hydrogen-bond acceptors (Lipinski definition) is 3. The minimum Gasteiger partial charge on any atom is -0.385 e. The van der Waals surface area contributed by atoms with Crippen LogP contribution >= 0.6 is 0 Å². The molecular weight excluding hydrogens is 224 g/mol. The van der Waals surface area contributed by atoms with Crippen LogP contribution in [0.25, 0.3) is 0 Å². The maximum absolute atomic E-state index is 5.22. The molecule has 3 unspecified atom stereocenters. The van der Waals surface area contributed by atoms with Crippen molar-refractivity contribution in [3.63, 3.8) is 0 Å². The molecule has 1 rings (SSSR count). The van der Waals surface area contributed by atoms with Crippen molar-refractivity contribution < 1.29 is 4.74 Å². The summed E-state index contributed by atoms with van der Waals surface area (Å²) < 4.78 is 5.22. The van der Waals surface area contributed by atoms with Crippen LogP contribution in [0.2, 0.25) is 0 Å². The molecule has 1 heterocycles. The summed E-state index contributed by atoms with van der Waals surface area (Å²) in [6.45, 7) is 10.2. The van der Waals surface area contributed by atoms with Crippen LogP contribution in [-0.2, 0) is 4.74 Å². The Kier molecular flexibility index (Phi) is 7.87. The average molecular weight is 256 g/mol. The van der Waals surface area contributed by atoms with Crippen LogP contribution in [-0.4, -0.2) is 49.8 Å². The molecular formula is C15H32N2O. The van der Waals surface area contributed by atoms with Crippen molar-refractivity contribution in [3.05, 3.63) is 0 Å². The minimum absolute atomic E-state index is 0.607. The Labute approximate surface area is 113 Å². The van der Waals surface area contributed by atoms with Gasteiger partial charge < -0.3 is 10.1 Å². The highest BCUT2D eigenvalue weighted by atomic mass is 16.5. The van der Waals surface area contributed by atoms with E-state index in [1.807, 2.05) is 0 Å². The van der Waals surface area contributed by atoms with Gasteiger partial charge in [-0.05, 0) is 52.6 Å². The highest BCUT2D eigenvalue weighted by Gasteiger charge is 2.29. The largest absolute Gasteiger partial charge is 0.385 e.